The first-order valence-electron chi connectivity index (χ1n) is 8.75. The molecular formula is C20H23N3O2. The molecule has 3 rings (SSSR count). The molecular weight excluding hydrogens is 314 g/mol. The Balaban J connectivity index is 1.72. The van der Waals surface area contributed by atoms with Crippen LogP contribution in [-0.4, -0.2) is 29.9 Å². The first kappa shape index (κ1) is 17.1. The number of anilines is 1. The van der Waals surface area contributed by atoms with E-state index in [2.05, 4.69) is 10.3 Å². The summed E-state index contributed by atoms with van der Waals surface area (Å²) in [5, 5.41) is 3.07. The molecule has 1 fully saturated rings. The minimum Gasteiger partial charge on any atom is -0.349 e. The summed E-state index contributed by atoms with van der Waals surface area (Å²) in [6.45, 7) is 0. The van der Waals surface area contributed by atoms with Crippen molar-refractivity contribution in [2.24, 2.45) is 0 Å². The number of hydrogen-bond acceptors (Lipinski definition) is 3. The van der Waals surface area contributed by atoms with Crippen LogP contribution in [0, 0.1) is 0 Å². The molecule has 0 radical (unpaired) electrons. The number of carbonyl (C=O) groups excluding carboxylic acids is 2. The van der Waals surface area contributed by atoms with E-state index >= 15 is 0 Å². The molecule has 1 aliphatic rings. The molecule has 1 heterocycles. The van der Waals surface area contributed by atoms with E-state index in [0.29, 0.717) is 5.56 Å². The zero-order chi connectivity index (χ0) is 17.6. The van der Waals surface area contributed by atoms with Crippen LogP contribution < -0.4 is 10.2 Å². The first-order chi connectivity index (χ1) is 12.1. The van der Waals surface area contributed by atoms with Gasteiger partial charge >= 0.3 is 0 Å². The second-order valence-electron chi connectivity index (χ2n) is 6.44. The third-order valence-corrected chi connectivity index (χ3v) is 4.63. The molecule has 1 aromatic carbocycles. The van der Waals surface area contributed by atoms with Crippen LogP contribution >= 0.6 is 0 Å². The van der Waals surface area contributed by atoms with E-state index in [4.69, 9.17) is 0 Å². The molecule has 5 nitrogen and oxygen atoms in total. The van der Waals surface area contributed by atoms with Crippen LogP contribution in [0.1, 0.15) is 53.0 Å². The van der Waals surface area contributed by atoms with Gasteiger partial charge in [-0.2, -0.15) is 0 Å². The van der Waals surface area contributed by atoms with Crippen LogP contribution in [-0.2, 0) is 0 Å². The van der Waals surface area contributed by atoms with Crippen LogP contribution in [0.2, 0.25) is 0 Å². The van der Waals surface area contributed by atoms with E-state index in [0.717, 1.165) is 31.4 Å². The molecule has 1 N–H and O–H groups in total. The molecule has 0 atom stereocenters. The summed E-state index contributed by atoms with van der Waals surface area (Å²) in [6.07, 6.45) is 7.13. The molecule has 0 unspecified atom stereocenters. The largest absolute Gasteiger partial charge is 0.349 e. The van der Waals surface area contributed by atoms with Gasteiger partial charge in [0.25, 0.3) is 11.8 Å². The molecule has 1 saturated carbocycles. The number of hydrogen-bond donors (Lipinski definition) is 1. The summed E-state index contributed by atoms with van der Waals surface area (Å²) in [4.78, 5) is 30.8. The molecule has 0 bridgehead atoms. The maximum atomic E-state index is 12.6. The lowest BCUT2D eigenvalue weighted by Crippen LogP contribution is -2.36. The Labute approximate surface area is 148 Å². The van der Waals surface area contributed by atoms with Gasteiger partial charge in [0.1, 0.15) is 5.69 Å². The predicted octanol–water partition coefficient (Wildman–Crippen LogP) is 3.42. The second kappa shape index (κ2) is 7.92. The number of nitrogens with one attached hydrogen (secondary N) is 1. The van der Waals surface area contributed by atoms with E-state index < -0.39 is 0 Å². The van der Waals surface area contributed by atoms with Crippen molar-refractivity contribution in [3.8, 4) is 0 Å². The van der Waals surface area contributed by atoms with Crippen molar-refractivity contribution in [2.75, 3.05) is 11.9 Å². The highest BCUT2D eigenvalue weighted by atomic mass is 16.2. The number of rotatable bonds is 4. The van der Waals surface area contributed by atoms with Crippen LogP contribution in [0.3, 0.4) is 0 Å². The lowest BCUT2D eigenvalue weighted by Gasteiger charge is -2.23. The van der Waals surface area contributed by atoms with Gasteiger partial charge in [-0.25, -0.2) is 0 Å². The van der Waals surface area contributed by atoms with Crippen molar-refractivity contribution in [1.82, 2.24) is 10.3 Å². The second-order valence-corrected chi connectivity index (χ2v) is 6.44. The lowest BCUT2D eigenvalue weighted by molar-refractivity contribution is 0.0927. The molecule has 0 saturated heterocycles. The average Bonchev–Trinajstić information content (AvgIpc) is 2.68. The van der Waals surface area contributed by atoms with Crippen LogP contribution in [0.25, 0.3) is 0 Å². The third kappa shape index (κ3) is 4.24. The Morgan fingerprint density at radius 3 is 2.52 bits per heavy atom. The van der Waals surface area contributed by atoms with Gasteiger partial charge in [-0.15, -0.1) is 0 Å². The summed E-state index contributed by atoms with van der Waals surface area (Å²) >= 11 is 0. The van der Waals surface area contributed by atoms with E-state index in [9.17, 15) is 9.59 Å². The van der Waals surface area contributed by atoms with Gasteiger partial charge < -0.3 is 10.2 Å². The van der Waals surface area contributed by atoms with Crippen LogP contribution in [0.4, 0.5) is 5.69 Å². The topological polar surface area (TPSA) is 62.3 Å². The van der Waals surface area contributed by atoms with Crippen molar-refractivity contribution in [3.05, 3.63) is 59.9 Å². The Kier molecular flexibility index (Phi) is 5.43. The molecule has 0 spiro atoms. The number of nitrogens with zero attached hydrogens (tertiary/aromatic N) is 2. The fraction of sp³-hybridized carbons (Fsp3) is 0.350. The first-order valence-corrected chi connectivity index (χ1v) is 8.75. The van der Waals surface area contributed by atoms with Crippen LogP contribution in [0.5, 0.6) is 0 Å². The highest BCUT2D eigenvalue weighted by Gasteiger charge is 2.19. The fourth-order valence-corrected chi connectivity index (χ4v) is 3.15. The summed E-state index contributed by atoms with van der Waals surface area (Å²) in [5.74, 6) is -0.371. The summed E-state index contributed by atoms with van der Waals surface area (Å²) < 4.78 is 0. The smallest absolute Gasteiger partial charge is 0.276 e. The fourth-order valence-electron chi connectivity index (χ4n) is 3.15. The van der Waals surface area contributed by atoms with Gasteiger partial charge in [-0.1, -0.05) is 37.5 Å². The lowest BCUT2D eigenvalue weighted by atomic mass is 9.95. The maximum absolute atomic E-state index is 12.6. The van der Waals surface area contributed by atoms with Gasteiger partial charge in [0.15, 0.2) is 0 Å². The van der Waals surface area contributed by atoms with E-state index in [1.807, 2.05) is 30.3 Å². The number of aromatic nitrogens is 1. The molecule has 2 amide bonds. The number of para-hydroxylation sites is 1. The van der Waals surface area contributed by atoms with Gasteiger partial charge in [0, 0.05) is 30.5 Å². The molecule has 1 aromatic heterocycles. The maximum Gasteiger partial charge on any atom is 0.276 e. The van der Waals surface area contributed by atoms with E-state index in [1.54, 1.807) is 19.2 Å². The quantitative estimate of drug-likeness (QED) is 0.930. The van der Waals surface area contributed by atoms with Crippen molar-refractivity contribution >= 4 is 17.5 Å². The molecule has 1 aliphatic carbocycles. The molecule has 130 valence electrons. The molecule has 25 heavy (non-hydrogen) atoms. The van der Waals surface area contributed by atoms with Gasteiger partial charge in [-0.05, 0) is 37.1 Å². The normalized spacial score (nSPS) is 14.8. The number of amides is 2. The van der Waals surface area contributed by atoms with E-state index in [1.165, 1.54) is 17.5 Å². The Morgan fingerprint density at radius 1 is 1.08 bits per heavy atom. The van der Waals surface area contributed by atoms with Crippen molar-refractivity contribution in [3.63, 3.8) is 0 Å². The van der Waals surface area contributed by atoms with Crippen molar-refractivity contribution in [1.29, 1.82) is 0 Å². The third-order valence-electron chi connectivity index (χ3n) is 4.63. The Morgan fingerprint density at radius 2 is 1.80 bits per heavy atom. The minimum atomic E-state index is -0.237. The SMILES string of the molecule is CN(C(=O)c1cc(C(=O)NC2CCCCC2)ccn1)c1ccccc1. The van der Waals surface area contributed by atoms with Gasteiger partial charge in [0.2, 0.25) is 0 Å². The number of pyridine rings is 1. The standard InChI is InChI=1S/C20H23N3O2/c1-23(17-10-6-3-7-11-17)20(25)18-14-15(12-13-21-18)19(24)22-16-8-4-2-5-9-16/h3,6-7,10-14,16H,2,4-5,8-9H2,1H3,(H,22,24). The summed E-state index contributed by atoms with van der Waals surface area (Å²) in [5.41, 5.74) is 1.53. The van der Waals surface area contributed by atoms with Crippen molar-refractivity contribution < 1.29 is 9.59 Å². The summed E-state index contributed by atoms with van der Waals surface area (Å²) in [7, 11) is 1.70. The van der Waals surface area contributed by atoms with Gasteiger partial charge in [-0.3, -0.25) is 14.6 Å². The minimum absolute atomic E-state index is 0.134. The molecule has 5 heteroatoms. The van der Waals surface area contributed by atoms with E-state index in [-0.39, 0.29) is 23.6 Å². The number of carbonyl (C=O) groups is 2. The number of benzene rings is 1. The summed E-state index contributed by atoms with van der Waals surface area (Å²) in [6, 6.07) is 12.8. The zero-order valence-electron chi connectivity index (χ0n) is 14.4. The Hall–Kier alpha value is -2.69. The molecule has 2 aromatic rings. The highest BCUT2D eigenvalue weighted by molar-refractivity contribution is 6.06. The predicted molar refractivity (Wildman–Crippen MR) is 97.8 cm³/mol. The average molecular weight is 337 g/mol. The van der Waals surface area contributed by atoms with Gasteiger partial charge in [0.05, 0.1) is 0 Å². The zero-order valence-corrected chi connectivity index (χ0v) is 14.4. The van der Waals surface area contributed by atoms with Crippen molar-refractivity contribution in [2.45, 2.75) is 38.1 Å². The Bertz CT molecular complexity index is 740. The molecule has 0 aliphatic heterocycles. The highest BCUT2D eigenvalue weighted by Crippen LogP contribution is 2.18. The monoisotopic (exact) mass is 337 g/mol. The van der Waals surface area contributed by atoms with Crippen LogP contribution in [0.15, 0.2) is 48.7 Å².